The highest BCUT2D eigenvalue weighted by Gasteiger charge is 2.21. The highest BCUT2D eigenvalue weighted by Crippen LogP contribution is 2.20. The smallest absolute Gasteiger partial charge is 0.317 e. The number of nitrogens with zero attached hydrogens (tertiary/aromatic N) is 2. The number of urea groups is 1. The second-order valence-electron chi connectivity index (χ2n) is 5.53. The number of carbonyl (C=O) groups excluding carboxylic acids is 1. The van der Waals surface area contributed by atoms with Gasteiger partial charge < -0.3 is 19.7 Å². The monoisotopic (exact) mass is 321 g/mol. The number of carbonyl (C=O) groups is 1. The topological polar surface area (TPSA) is 54.0 Å². The van der Waals surface area contributed by atoms with Gasteiger partial charge in [-0.3, -0.25) is 4.90 Å². The highest BCUT2D eigenvalue weighted by atomic mass is 16.5. The fourth-order valence-electron chi connectivity index (χ4n) is 2.65. The number of hydrogen-bond acceptors (Lipinski definition) is 4. The summed E-state index contributed by atoms with van der Waals surface area (Å²) in [5.74, 6) is 0.953. The van der Waals surface area contributed by atoms with Crippen LogP contribution >= 0.6 is 0 Å². The first-order valence-corrected chi connectivity index (χ1v) is 8.19. The van der Waals surface area contributed by atoms with E-state index in [9.17, 15) is 4.79 Å². The maximum Gasteiger partial charge on any atom is 0.317 e. The summed E-state index contributed by atoms with van der Waals surface area (Å²) < 4.78 is 10.6. The largest absolute Gasteiger partial charge is 0.494 e. The van der Waals surface area contributed by atoms with Gasteiger partial charge in [0.2, 0.25) is 0 Å². The Bertz CT molecular complexity index is 488. The number of amides is 2. The molecule has 128 valence electrons. The molecule has 1 N–H and O–H groups in total. The first-order valence-electron chi connectivity index (χ1n) is 8.19. The normalized spacial score (nSPS) is 15.5. The Morgan fingerprint density at radius 1 is 1.22 bits per heavy atom. The molecule has 0 aromatic heterocycles. The van der Waals surface area contributed by atoms with E-state index in [1.165, 1.54) is 5.56 Å². The minimum atomic E-state index is -0.00332. The zero-order valence-electron chi connectivity index (χ0n) is 14.1. The van der Waals surface area contributed by atoms with Crippen molar-refractivity contribution in [3.05, 3.63) is 29.8 Å². The molecule has 1 aliphatic rings. The lowest BCUT2D eigenvalue weighted by Gasteiger charge is -2.34. The standard InChI is InChI=1S/C17H27N3O3/c1-3-23-16-7-5-4-6-15(16)14-19-9-11-20(12-10-19)17(21)18-8-13-22-2/h4-7H,3,8-14H2,1-2H3,(H,18,21). The van der Waals surface area contributed by atoms with Crippen molar-refractivity contribution >= 4 is 6.03 Å². The van der Waals surface area contributed by atoms with Crippen molar-refractivity contribution in [3.63, 3.8) is 0 Å². The molecule has 2 amide bonds. The van der Waals surface area contributed by atoms with Crippen molar-refractivity contribution in [2.75, 3.05) is 53.0 Å². The molecule has 6 heteroatoms. The second kappa shape index (κ2) is 9.37. The van der Waals surface area contributed by atoms with Crippen LogP contribution < -0.4 is 10.1 Å². The molecule has 2 rings (SSSR count). The van der Waals surface area contributed by atoms with Gasteiger partial charge >= 0.3 is 6.03 Å². The molecule has 1 aliphatic heterocycles. The van der Waals surface area contributed by atoms with E-state index < -0.39 is 0 Å². The minimum Gasteiger partial charge on any atom is -0.494 e. The maximum atomic E-state index is 12.0. The van der Waals surface area contributed by atoms with E-state index in [0.717, 1.165) is 38.5 Å². The fraction of sp³-hybridized carbons (Fsp3) is 0.588. The quantitative estimate of drug-likeness (QED) is 0.775. The predicted molar refractivity (Wildman–Crippen MR) is 89.7 cm³/mol. The first-order chi connectivity index (χ1) is 11.2. The van der Waals surface area contributed by atoms with E-state index in [0.29, 0.717) is 19.8 Å². The van der Waals surface area contributed by atoms with Crippen LogP contribution in [0, 0.1) is 0 Å². The van der Waals surface area contributed by atoms with Gasteiger partial charge in [0.15, 0.2) is 0 Å². The van der Waals surface area contributed by atoms with Crippen molar-refractivity contribution in [2.24, 2.45) is 0 Å². The van der Waals surface area contributed by atoms with Gasteiger partial charge in [-0.1, -0.05) is 18.2 Å². The van der Waals surface area contributed by atoms with Gasteiger partial charge in [-0.25, -0.2) is 4.79 Å². The molecule has 0 atom stereocenters. The number of rotatable bonds is 7. The molecule has 1 saturated heterocycles. The molecular weight excluding hydrogens is 294 g/mol. The lowest BCUT2D eigenvalue weighted by atomic mass is 10.1. The van der Waals surface area contributed by atoms with Crippen molar-refractivity contribution in [3.8, 4) is 5.75 Å². The molecule has 1 aromatic rings. The Labute approximate surface area is 138 Å². The molecule has 0 radical (unpaired) electrons. The number of ether oxygens (including phenoxy) is 2. The van der Waals surface area contributed by atoms with Gasteiger partial charge in [0.25, 0.3) is 0 Å². The molecule has 1 fully saturated rings. The van der Waals surface area contributed by atoms with Crippen molar-refractivity contribution in [2.45, 2.75) is 13.5 Å². The summed E-state index contributed by atoms with van der Waals surface area (Å²) in [5.41, 5.74) is 1.20. The van der Waals surface area contributed by atoms with Gasteiger partial charge in [-0.2, -0.15) is 0 Å². The lowest BCUT2D eigenvalue weighted by Crippen LogP contribution is -2.51. The first kappa shape index (κ1) is 17.6. The Morgan fingerprint density at radius 3 is 2.65 bits per heavy atom. The summed E-state index contributed by atoms with van der Waals surface area (Å²) in [4.78, 5) is 16.2. The molecule has 0 spiro atoms. The average molecular weight is 321 g/mol. The Morgan fingerprint density at radius 2 is 1.96 bits per heavy atom. The van der Waals surface area contributed by atoms with Crippen LogP contribution in [0.5, 0.6) is 5.75 Å². The number of nitrogens with one attached hydrogen (secondary N) is 1. The second-order valence-corrected chi connectivity index (χ2v) is 5.53. The van der Waals surface area contributed by atoms with E-state index in [-0.39, 0.29) is 6.03 Å². The molecule has 23 heavy (non-hydrogen) atoms. The molecule has 0 aliphatic carbocycles. The number of hydrogen-bond donors (Lipinski definition) is 1. The van der Waals surface area contributed by atoms with E-state index in [1.54, 1.807) is 7.11 Å². The number of benzene rings is 1. The molecule has 0 bridgehead atoms. The van der Waals surface area contributed by atoms with Crippen molar-refractivity contribution in [1.29, 1.82) is 0 Å². The molecule has 0 saturated carbocycles. The van der Waals surface area contributed by atoms with Crippen LogP contribution in [0.2, 0.25) is 0 Å². The van der Waals surface area contributed by atoms with E-state index in [4.69, 9.17) is 9.47 Å². The molecule has 0 unspecified atom stereocenters. The molecule has 6 nitrogen and oxygen atoms in total. The van der Waals surface area contributed by atoms with Gasteiger partial charge in [-0.05, 0) is 13.0 Å². The Hall–Kier alpha value is -1.79. The van der Waals surface area contributed by atoms with Crippen LogP contribution in [0.15, 0.2) is 24.3 Å². The third-order valence-electron chi connectivity index (χ3n) is 3.91. The van der Waals surface area contributed by atoms with Crippen molar-refractivity contribution in [1.82, 2.24) is 15.1 Å². The zero-order chi connectivity index (χ0) is 16.5. The Balaban J connectivity index is 1.80. The van der Waals surface area contributed by atoms with Crippen LogP contribution in [0.1, 0.15) is 12.5 Å². The summed E-state index contributed by atoms with van der Waals surface area (Å²) >= 11 is 0. The van der Waals surface area contributed by atoms with Crippen LogP contribution in [0.4, 0.5) is 4.79 Å². The van der Waals surface area contributed by atoms with Crippen LogP contribution in [0.25, 0.3) is 0 Å². The maximum absolute atomic E-state index is 12.0. The minimum absolute atomic E-state index is 0.00332. The SMILES string of the molecule is CCOc1ccccc1CN1CCN(C(=O)NCCOC)CC1. The summed E-state index contributed by atoms with van der Waals surface area (Å²) in [6, 6.07) is 8.15. The lowest BCUT2D eigenvalue weighted by molar-refractivity contribution is 0.131. The van der Waals surface area contributed by atoms with E-state index in [2.05, 4.69) is 16.3 Å². The van der Waals surface area contributed by atoms with E-state index >= 15 is 0 Å². The fourth-order valence-corrected chi connectivity index (χ4v) is 2.65. The number of piperazine rings is 1. The molecule has 1 aromatic carbocycles. The third-order valence-corrected chi connectivity index (χ3v) is 3.91. The predicted octanol–water partition coefficient (Wildman–Crippen LogP) is 1.56. The average Bonchev–Trinajstić information content (AvgIpc) is 2.58. The number of para-hydroxylation sites is 1. The molecular formula is C17H27N3O3. The van der Waals surface area contributed by atoms with Crippen molar-refractivity contribution < 1.29 is 14.3 Å². The highest BCUT2D eigenvalue weighted by molar-refractivity contribution is 5.74. The zero-order valence-corrected chi connectivity index (χ0v) is 14.1. The van der Waals surface area contributed by atoms with E-state index in [1.807, 2.05) is 30.0 Å². The van der Waals surface area contributed by atoms with Gasteiger partial charge in [-0.15, -0.1) is 0 Å². The van der Waals surface area contributed by atoms with Crippen LogP contribution in [-0.2, 0) is 11.3 Å². The molecule has 1 heterocycles. The van der Waals surface area contributed by atoms with Gasteiger partial charge in [0.05, 0.1) is 13.2 Å². The summed E-state index contributed by atoms with van der Waals surface area (Å²) in [7, 11) is 1.63. The summed E-state index contributed by atoms with van der Waals surface area (Å²) in [6.07, 6.45) is 0. The summed E-state index contributed by atoms with van der Waals surface area (Å²) in [5, 5.41) is 2.87. The van der Waals surface area contributed by atoms with Gasteiger partial charge in [0, 0.05) is 51.9 Å². The van der Waals surface area contributed by atoms with Gasteiger partial charge in [0.1, 0.15) is 5.75 Å². The summed E-state index contributed by atoms with van der Waals surface area (Å²) in [6.45, 7) is 7.86. The third kappa shape index (κ3) is 5.41. The van der Waals surface area contributed by atoms with Crippen LogP contribution in [-0.4, -0.2) is 68.9 Å². The van der Waals surface area contributed by atoms with Crippen LogP contribution in [0.3, 0.4) is 0 Å². The number of methoxy groups -OCH3 is 1. The Kier molecular flexibility index (Phi) is 7.16.